The summed E-state index contributed by atoms with van der Waals surface area (Å²) in [5.41, 5.74) is 1.30. The molecule has 2 aromatic rings. The van der Waals surface area contributed by atoms with Gasteiger partial charge in [0, 0.05) is 16.4 Å². The van der Waals surface area contributed by atoms with Gasteiger partial charge >= 0.3 is 0 Å². The van der Waals surface area contributed by atoms with Crippen molar-refractivity contribution < 1.29 is 15.0 Å². The highest BCUT2D eigenvalue weighted by molar-refractivity contribution is 7.98. The predicted molar refractivity (Wildman–Crippen MR) is 134 cm³/mol. The van der Waals surface area contributed by atoms with E-state index in [1.807, 2.05) is 30.3 Å². The van der Waals surface area contributed by atoms with E-state index in [2.05, 4.69) is 89.8 Å². The summed E-state index contributed by atoms with van der Waals surface area (Å²) in [4.78, 5) is 1.10. The van der Waals surface area contributed by atoms with Gasteiger partial charge in [-0.05, 0) is 89.9 Å². The van der Waals surface area contributed by atoms with Gasteiger partial charge in [-0.15, -0.1) is 18.2 Å². The molecule has 2 rings (SSSR count). The first-order valence-corrected chi connectivity index (χ1v) is 9.58. The molecule has 0 aliphatic rings. The second-order valence-corrected chi connectivity index (χ2v) is 5.84. The molecule has 152 valence electrons. The van der Waals surface area contributed by atoms with Crippen molar-refractivity contribution in [1.29, 1.82) is 0 Å². The van der Waals surface area contributed by atoms with Crippen LogP contribution >= 0.6 is 11.8 Å². The van der Waals surface area contributed by atoms with Crippen molar-refractivity contribution in [2.24, 2.45) is 0 Å². The summed E-state index contributed by atoms with van der Waals surface area (Å²) in [6, 6.07) is 17.7. The van der Waals surface area contributed by atoms with Crippen LogP contribution in [0, 0.1) is 71.5 Å². The van der Waals surface area contributed by atoms with E-state index in [0.29, 0.717) is 5.75 Å². The predicted octanol–water partition coefficient (Wildman–Crippen LogP) is 4.99. The molecule has 4 heteroatoms. The van der Waals surface area contributed by atoms with Crippen molar-refractivity contribution in [3.05, 3.63) is 60.2 Å². The van der Waals surface area contributed by atoms with Crippen LogP contribution in [0.4, 0.5) is 0 Å². The normalized spacial score (nSPS) is 6.80. The number of hydrogen-bond donors (Lipinski definition) is 1. The van der Waals surface area contributed by atoms with Gasteiger partial charge < -0.3 is 5.11 Å². The number of hydrogen-bond acceptors (Lipinski definition) is 4. The Bertz CT molecular complexity index is 1150. The van der Waals surface area contributed by atoms with Crippen molar-refractivity contribution in [3.63, 3.8) is 0 Å². The Balaban J connectivity index is -0.000000140. The molecule has 0 spiro atoms. The number of terminal acetylenes is 1. The molecule has 0 unspecified atom stereocenters. The third-order valence-corrected chi connectivity index (χ3v) is 3.83. The molecule has 0 aliphatic carbocycles. The Hall–Kier alpha value is -4.03. The molecule has 0 heterocycles. The fraction of sp³-hybridized carbons (Fsp3) is 0.0769. The van der Waals surface area contributed by atoms with Gasteiger partial charge in [-0.3, -0.25) is 0 Å². The maximum atomic E-state index is 9.30. The third-order valence-electron chi connectivity index (χ3n) is 2.76. The van der Waals surface area contributed by atoms with Gasteiger partial charge in [-0.25, -0.2) is 0 Å². The van der Waals surface area contributed by atoms with Gasteiger partial charge in [0.2, 0.25) is 0 Å². The molecule has 0 bridgehead atoms. The molecular formula is C26H24O2S2. The maximum absolute atomic E-state index is 9.30. The topological polar surface area (TPSA) is 37.3 Å². The quantitative estimate of drug-likeness (QED) is 0.548. The van der Waals surface area contributed by atoms with Crippen LogP contribution in [0.2, 0.25) is 0 Å². The minimum atomic E-state index is 0. The lowest BCUT2D eigenvalue weighted by Gasteiger charge is -2.02. The largest absolute Gasteiger partial charge is 0.508 e. The molecule has 0 saturated heterocycles. The first kappa shape index (κ1) is 26.0. The Morgan fingerprint density at radius 2 is 1.43 bits per heavy atom. The van der Waals surface area contributed by atoms with E-state index in [-0.39, 0.29) is 5.71 Å². The van der Waals surface area contributed by atoms with E-state index in [1.54, 1.807) is 30.8 Å². The Labute approximate surface area is 194 Å². The van der Waals surface area contributed by atoms with Crippen LogP contribution in [0.3, 0.4) is 0 Å². The van der Waals surface area contributed by atoms with Crippen LogP contribution in [-0.4, -0.2) is 9.32 Å². The standard InChI is InChI=1S/C13H12OS.C13H4.OS.4H2/c14-12-7-4-8-13(9-12)15-10-11-5-2-1-3-6-11;1-3-5-7-9-11-13-12-10-8-6-4-2;1-2;;;;/h1-9,14H,10H2;1H,2H3;;4*1H. The monoisotopic (exact) mass is 432 g/mol. The summed E-state index contributed by atoms with van der Waals surface area (Å²) in [6.45, 7) is 1.71. The van der Waals surface area contributed by atoms with Crippen molar-refractivity contribution in [2.45, 2.75) is 17.6 Å². The average molecular weight is 433 g/mol. The molecule has 0 amide bonds. The van der Waals surface area contributed by atoms with Crippen LogP contribution in [0.25, 0.3) is 0 Å². The van der Waals surface area contributed by atoms with Crippen molar-refractivity contribution >= 4 is 24.3 Å². The van der Waals surface area contributed by atoms with Crippen LogP contribution in [-0.2, 0) is 18.3 Å². The summed E-state index contributed by atoms with van der Waals surface area (Å²) < 4.78 is 7.83. The lowest BCUT2D eigenvalue weighted by Crippen LogP contribution is -1.78. The van der Waals surface area contributed by atoms with Gasteiger partial charge in [-0.1, -0.05) is 42.3 Å². The molecule has 0 aliphatic heterocycles. The Morgan fingerprint density at radius 3 is 1.97 bits per heavy atom. The zero-order valence-corrected chi connectivity index (χ0v) is 17.8. The molecular weight excluding hydrogens is 408 g/mol. The highest BCUT2D eigenvalue weighted by Gasteiger charge is 1.96. The molecule has 2 nitrogen and oxygen atoms in total. The lowest BCUT2D eigenvalue weighted by atomic mass is 10.2. The fourth-order valence-corrected chi connectivity index (χ4v) is 2.54. The number of aromatic hydroxyl groups is 1. The number of phenolic OH excluding ortho intramolecular Hbond substituents is 1. The summed E-state index contributed by atoms with van der Waals surface area (Å²) in [7, 11) is 0. The molecule has 0 atom stereocenters. The van der Waals surface area contributed by atoms with E-state index in [4.69, 9.17) is 10.6 Å². The number of phenols is 1. The van der Waals surface area contributed by atoms with Gasteiger partial charge in [0.1, 0.15) is 5.75 Å². The van der Waals surface area contributed by atoms with Crippen LogP contribution in [0.15, 0.2) is 59.5 Å². The van der Waals surface area contributed by atoms with E-state index >= 15 is 0 Å². The zero-order valence-electron chi connectivity index (χ0n) is 16.2. The van der Waals surface area contributed by atoms with E-state index in [9.17, 15) is 5.11 Å². The summed E-state index contributed by atoms with van der Waals surface area (Å²) in [6.07, 6.45) is 4.86. The van der Waals surface area contributed by atoms with Crippen molar-refractivity contribution in [2.75, 3.05) is 0 Å². The van der Waals surface area contributed by atoms with E-state index in [1.165, 1.54) is 5.56 Å². The minimum absolute atomic E-state index is 0. The number of benzene rings is 2. The smallest absolute Gasteiger partial charge is 0.197 e. The third kappa shape index (κ3) is 15.1. The highest BCUT2D eigenvalue weighted by Crippen LogP contribution is 2.25. The maximum Gasteiger partial charge on any atom is 0.197 e. The highest BCUT2D eigenvalue weighted by atomic mass is 32.2. The first-order chi connectivity index (χ1) is 14.8. The molecule has 0 saturated carbocycles. The fourth-order valence-electron chi connectivity index (χ4n) is 1.63. The SMILES string of the molecule is C#CC#CC#CC#CC#CC#CC.O=S.Oc1cccc(SCc2ccccc2)c1.[HH].[HH].[HH].[HH]. The van der Waals surface area contributed by atoms with E-state index < -0.39 is 0 Å². The van der Waals surface area contributed by atoms with Crippen LogP contribution < -0.4 is 0 Å². The average Bonchev–Trinajstić information content (AvgIpc) is 2.79. The van der Waals surface area contributed by atoms with Crippen molar-refractivity contribution in [1.82, 2.24) is 0 Å². The summed E-state index contributed by atoms with van der Waals surface area (Å²) in [5.74, 6) is 28.2. The molecule has 1 N–H and O–H groups in total. The minimum Gasteiger partial charge on any atom is -0.508 e. The summed E-state index contributed by atoms with van der Waals surface area (Å²) in [5, 5.41) is 9.30. The van der Waals surface area contributed by atoms with Gasteiger partial charge in [-0.2, -0.15) is 4.21 Å². The first-order valence-electron chi connectivity index (χ1n) is 8.26. The van der Waals surface area contributed by atoms with Gasteiger partial charge in [0.15, 0.2) is 12.5 Å². The van der Waals surface area contributed by atoms with Crippen LogP contribution in [0.1, 0.15) is 18.2 Å². The summed E-state index contributed by atoms with van der Waals surface area (Å²) >= 11 is 4.56. The van der Waals surface area contributed by atoms with Gasteiger partial charge in [0.05, 0.1) is 0 Å². The van der Waals surface area contributed by atoms with Crippen molar-refractivity contribution in [3.8, 4) is 77.3 Å². The molecule has 0 radical (unpaired) electrons. The zero-order chi connectivity index (χ0) is 22.3. The second kappa shape index (κ2) is 19.7. The van der Waals surface area contributed by atoms with Crippen LogP contribution in [0.5, 0.6) is 5.75 Å². The second-order valence-electron chi connectivity index (χ2n) is 4.79. The molecule has 0 aromatic heterocycles. The molecule has 2 aromatic carbocycles. The lowest BCUT2D eigenvalue weighted by molar-refractivity contribution is 0.474. The van der Waals surface area contributed by atoms with Gasteiger partial charge in [0.25, 0.3) is 0 Å². The molecule has 30 heavy (non-hydrogen) atoms. The number of rotatable bonds is 3. The van der Waals surface area contributed by atoms with E-state index in [0.717, 1.165) is 10.6 Å². The Morgan fingerprint density at radius 1 is 0.867 bits per heavy atom. The number of thioether (sulfide) groups is 1. The Kier molecular flexibility index (Phi) is 17.1. The molecule has 0 fully saturated rings.